The van der Waals surface area contributed by atoms with Crippen molar-refractivity contribution >= 4 is 22.8 Å². The number of benzene rings is 1. The topological polar surface area (TPSA) is 101 Å². The summed E-state index contributed by atoms with van der Waals surface area (Å²) in [6.07, 6.45) is 13.0. The van der Waals surface area contributed by atoms with Gasteiger partial charge in [0.1, 0.15) is 11.8 Å². The molecular weight excluding hydrogens is 542 g/mol. The summed E-state index contributed by atoms with van der Waals surface area (Å²) in [5.74, 6) is 0.843. The third-order valence-corrected chi connectivity index (χ3v) is 9.23. The lowest BCUT2D eigenvalue weighted by Gasteiger charge is -2.42. The number of aromatic nitrogens is 5. The molecule has 3 aromatic heterocycles. The Balaban J connectivity index is 1.07. The minimum atomic E-state index is -0.485. The van der Waals surface area contributed by atoms with Gasteiger partial charge in [-0.15, -0.1) is 10.2 Å². The zero-order valence-electron chi connectivity index (χ0n) is 25.5. The first-order valence-corrected chi connectivity index (χ1v) is 15.6. The van der Waals surface area contributed by atoms with Crippen LogP contribution in [0.2, 0.25) is 0 Å². The molecule has 2 bridgehead atoms. The number of carbonyl (C=O) groups is 1. The third kappa shape index (κ3) is 5.37. The van der Waals surface area contributed by atoms with Crippen LogP contribution in [0.3, 0.4) is 0 Å². The van der Waals surface area contributed by atoms with Crippen molar-refractivity contribution in [2.75, 3.05) is 18.6 Å². The fraction of sp³-hybridized carbons (Fsp3) is 0.515. The van der Waals surface area contributed by atoms with Gasteiger partial charge in [-0.1, -0.05) is 6.07 Å². The Morgan fingerprint density at radius 1 is 1.02 bits per heavy atom. The monoisotopic (exact) mass is 583 g/mol. The van der Waals surface area contributed by atoms with E-state index >= 15 is 0 Å². The van der Waals surface area contributed by atoms with Gasteiger partial charge in [0.25, 0.3) is 0 Å². The lowest BCUT2D eigenvalue weighted by Crippen LogP contribution is -2.53. The van der Waals surface area contributed by atoms with E-state index in [-0.39, 0.29) is 24.4 Å². The Labute approximate surface area is 252 Å². The van der Waals surface area contributed by atoms with E-state index in [1.165, 1.54) is 6.42 Å². The Morgan fingerprint density at radius 3 is 2.51 bits per heavy atom. The van der Waals surface area contributed by atoms with Crippen molar-refractivity contribution in [3.05, 3.63) is 48.9 Å². The zero-order valence-corrected chi connectivity index (χ0v) is 25.5. The molecule has 6 heterocycles. The third-order valence-electron chi connectivity index (χ3n) is 9.23. The highest BCUT2D eigenvalue weighted by Crippen LogP contribution is 2.40. The second kappa shape index (κ2) is 11.0. The molecule has 10 nitrogen and oxygen atoms in total. The number of hydrogen-bond acceptors (Lipinski definition) is 7. The van der Waals surface area contributed by atoms with Crippen LogP contribution in [0.4, 0.5) is 10.6 Å². The predicted molar refractivity (Wildman–Crippen MR) is 166 cm³/mol. The van der Waals surface area contributed by atoms with Gasteiger partial charge in [-0.25, -0.2) is 9.48 Å². The number of piperidine rings is 1. The fourth-order valence-electron chi connectivity index (χ4n) is 7.11. The molecule has 0 radical (unpaired) electrons. The van der Waals surface area contributed by atoms with E-state index in [0.717, 1.165) is 84.2 Å². The number of nitrogens with one attached hydrogen (secondary N) is 1. The average molecular weight is 584 g/mol. The van der Waals surface area contributed by atoms with Gasteiger partial charge < -0.3 is 24.3 Å². The lowest BCUT2D eigenvalue weighted by atomic mass is 9.96. The molecule has 7 rings (SSSR count). The Kier molecular flexibility index (Phi) is 7.12. The molecule has 1 amide bonds. The van der Waals surface area contributed by atoms with Crippen molar-refractivity contribution in [1.29, 1.82) is 0 Å². The van der Waals surface area contributed by atoms with Crippen molar-refractivity contribution in [3.63, 3.8) is 0 Å². The Morgan fingerprint density at radius 2 is 1.81 bits per heavy atom. The number of hydrogen-bond donors (Lipinski definition) is 1. The standard InChI is InChI=1S/C33H41N7O3/c1-33(2,3)43-32(41)40-22-8-9-23(40)18-24(17-22)38(4)29-13-12-28(36-37-29)27-11-10-25(26-14-15-34-31(26)27)21-19-35-39(20-21)30-7-5-6-16-42-30/h10-15,19-20,22-24,30,34H,5-9,16-18H2,1-4H3/t22-,23+,24-,30?. The van der Waals surface area contributed by atoms with Crippen LogP contribution >= 0.6 is 0 Å². The molecule has 43 heavy (non-hydrogen) atoms. The van der Waals surface area contributed by atoms with Crippen molar-refractivity contribution < 1.29 is 14.3 Å². The number of rotatable bonds is 5. The maximum Gasteiger partial charge on any atom is 0.410 e. The van der Waals surface area contributed by atoms with Crippen LogP contribution in [0.15, 0.2) is 48.9 Å². The minimum Gasteiger partial charge on any atom is -0.444 e. The van der Waals surface area contributed by atoms with Gasteiger partial charge in [0.15, 0.2) is 5.82 Å². The van der Waals surface area contributed by atoms with E-state index in [1.807, 2.05) is 42.7 Å². The van der Waals surface area contributed by atoms with Crippen LogP contribution in [0, 0.1) is 0 Å². The maximum absolute atomic E-state index is 12.9. The van der Waals surface area contributed by atoms with E-state index in [2.05, 4.69) is 68.8 Å². The zero-order chi connectivity index (χ0) is 29.7. The number of H-pyrrole nitrogens is 1. The summed E-state index contributed by atoms with van der Waals surface area (Å²) in [5, 5.41) is 15.1. The number of nitrogens with zero attached hydrogens (tertiary/aromatic N) is 6. The van der Waals surface area contributed by atoms with Gasteiger partial charge in [0.2, 0.25) is 0 Å². The molecule has 0 saturated carbocycles. The summed E-state index contributed by atoms with van der Waals surface area (Å²) in [5.41, 5.74) is 4.57. The van der Waals surface area contributed by atoms with Gasteiger partial charge in [-0.3, -0.25) is 0 Å². The highest BCUT2D eigenvalue weighted by molar-refractivity contribution is 6.02. The van der Waals surface area contributed by atoms with Crippen molar-refractivity contribution in [2.45, 2.75) is 95.7 Å². The van der Waals surface area contributed by atoms with Crippen LogP contribution in [0.5, 0.6) is 0 Å². The van der Waals surface area contributed by atoms with Crippen LogP contribution in [-0.2, 0) is 9.47 Å². The number of anilines is 1. The van der Waals surface area contributed by atoms with E-state index < -0.39 is 5.60 Å². The second-order valence-corrected chi connectivity index (χ2v) is 13.2. The second-order valence-electron chi connectivity index (χ2n) is 13.2. The van der Waals surface area contributed by atoms with Crippen LogP contribution in [0.25, 0.3) is 33.3 Å². The number of fused-ring (bicyclic) bond motifs is 3. The summed E-state index contributed by atoms with van der Waals surface area (Å²) in [6, 6.07) is 11.2. The highest BCUT2D eigenvalue weighted by Gasteiger charge is 2.46. The number of ether oxygens (including phenoxy) is 2. The van der Waals surface area contributed by atoms with Gasteiger partial charge in [0.05, 0.1) is 17.4 Å². The summed E-state index contributed by atoms with van der Waals surface area (Å²) < 4.78 is 13.6. The summed E-state index contributed by atoms with van der Waals surface area (Å²) >= 11 is 0. The summed E-state index contributed by atoms with van der Waals surface area (Å²) in [4.78, 5) is 20.5. The quantitative estimate of drug-likeness (QED) is 0.284. The maximum atomic E-state index is 12.9. The summed E-state index contributed by atoms with van der Waals surface area (Å²) in [7, 11) is 2.09. The minimum absolute atomic E-state index is 0.0168. The first-order chi connectivity index (χ1) is 20.7. The van der Waals surface area contributed by atoms with Crippen LogP contribution in [0.1, 0.15) is 71.9 Å². The number of carbonyl (C=O) groups excluding carboxylic acids is 1. The van der Waals surface area contributed by atoms with Crippen molar-refractivity contribution in [3.8, 4) is 22.4 Å². The molecular formula is C33H41N7O3. The number of aromatic amines is 1. The molecule has 3 saturated heterocycles. The fourth-order valence-corrected chi connectivity index (χ4v) is 7.11. The first kappa shape index (κ1) is 27.9. The molecule has 3 aliphatic heterocycles. The van der Waals surface area contributed by atoms with E-state index in [0.29, 0.717) is 6.04 Å². The molecule has 226 valence electrons. The largest absolute Gasteiger partial charge is 0.444 e. The molecule has 3 fully saturated rings. The number of amides is 1. The van der Waals surface area contributed by atoms with E-state index in [9.17, 15) is 4.79 Å². The SMILES string of the molecule is CN(c1ccc(-c2ccc(-c3cnn(C4CCCCO4)c3)c3cc[nH]c23)nn1)[C@@H]1C[C@H]2CC[C@@H](C1)N2C(=O)OC(C)(C)C. The molecule has 10 heteroatoms. The Bertz CT molecular complexity index is 1580. The van der Waals surface area contributed by atoms with Gasteiger partial charge in [-0.05, 0) is 95.5 Å². The highest BCUT2D eigenvalue weighted by atomic mass is 16.6. The molecule has 0 spiro atoms. The molecule has 4 atom stereocenters. The first-order valence-electron chi connectivity index (χ1n) is 15.6. The Hall–Kier alpha value is -3.92. The smallest absolute Gasteiger partial charge is 0.410 e. The molecule has 3 aliphatic rings. The molecule has 1 unspecified atom stereocenters. The van der Waals surface area contributed by atoms with Gasteiger partial charge >= 0.3 is 6.09 Å². The molecule has 0 aliphatic carbocycles. The lowest BCUT2D eigenvalue weighted by molar-refractivity contribution is -0.0394. The average Bonchev–Trinajstić information content (AvgIpc) is 3.74. The molecule has 1 N–H and O–H groups in total. The van der Waals surface area contributed by atoms with Crippen LogP contribution < -0.4 is 4.90 Å². The summed E-state index contributed by atoms with van der Waals surface area (Å²) in [6.45, 7) is 6.57. The normalized spacial score (nSPS) is 24.0. The van der Waals surface area contributed by atoms with Gasteiger partial charge in [-0.2, -0.15) is 5.10 Å². The van der Waals surface area contributed by atoms with Crippen molar-refractivity contribution in [1.82, 2.24) is 29.9 Å². The van der Waals surface area contributed by atoms with Crippen LogP contribution in [-0.4, -0.2) is 73.3 Å². The predicted octanol–water partition coefficient (Wildman–Crippen LogP) is 6.55. The van der Waals surface area contributed by atoms with Crippen molar-refractivity contribution in [2.24, 2.45) is 0 Å². The molecule has 4 aromatic rings. The van der Waals surface area contributed by atoms with Gasteiger partial charge in [0, 0.05) is 60.7 Å². The van der Waals surface area contributed by atoms with E-state index in [4.69, 9.17) is 9.47 Å². The molecule has 1 aromatic carbocycles. The van der Waals surface area contributed by atoms with E-state index in [1.54, 1.807) is 0 Å².